The number of pyridine rings is 1. The summed E-state index contributed by atoms with van der Waals surface area (Å²) in [5.74, 6) is 0.562. The van der Waals surface area contributed by atoms with Crippen LogP contribution in [-0.4, -0.2) is 30.3 Å². The Balaban J connectivity index is 2.23. The van der Waals surface area contributed by atoms with Crippen molar-refractivity contribution in [2.45, 2.75) is 25.9 Å². The van der Waals surface area contributed by atoms with Crippen molar-refractivity contribution in [1.29, 1.82) is 0 Å². The summed E-state index contributed by atoms with van der Waals surface area (Å²) >= 11 is 0. The summed E-state index contributed by atoms with van der Waals surface area (Å²) in [4.78, 5) is 6.45. The lowest BCUT2D eigenvalue weighted by Gasteiger charge is -2.40. The Morgan fingerprint density at radius 1 is 1.33 bits per heavy atom. The first kappa shape index (κ1) is 10.2. The number of aromatic nitrogens is 1. The lowest BCUT2D eigenvalue weighted by atomic mass is 10.1. The first-order valence-corrected chi connectivity index (χ1v) is 5.26. The third-order valence-electron chi connectivity index (χ3n) is 2.74. The predicted molar refractivity (Wildman–Crippen MR) is 60.9 cm³/mol. The van der Waals surface area contributed by atoms with E-state index in [1.54, 1.807) is 0 Å². The second-order valence-corrected chi connectivity index (χ2v) is 4.08. The van der Waals surface area contributed by atoms with E-state index in [1.807, 2.05) is 18.3 Å². The highest BCUT2D eigenvalue weighted by atomic mass is 16.5. The topological polar surface area (TPSA) is 51.4 Å². The molecule has 1 aliphatic heterocycles. The van der Waals surface area contributed by atoms with Gasteiger partial charge < -0.3 is 15.4 Å². The molecule has 2 atom stereocenters. The Bertz CT molecular complexity index is 315. The zero-order valence-electron chi connectivity index (χ0n) is 9.18. The quantitative estimate of drug-likeness (QED) is 0.753. The number of nitrogen functional groups attached to an aromatic ring is 1. The molecule has 1 fully saturated rings. The van der Waals surface area contributed by atoms with E-state index < -0.39 is 0 Å². The molecule has 0 aliphatic carbocycles. The van der Waals surface area contributed by atoms with Crippen molar-refractivity contribution in [3.63, 3.8) is 0 Å². The van der Waals surface area contributed by atoms with Crippen molar-refractivity contribution in [2.75, 3.05) is 23.8 Å². The smallest absolute Gasteiger partial charge is 0.123 e. The summed E-state index contributed by atoms with van der Waals surface area (Å²) in [6, 6.07) is 4.63. The fraction of sp³-hybridized carbons (Fsp3) is 0.545. The van der Waals surface area contributed by atoms with E-state index in [-0.39, 0.29) is 0 Å². The van der Waals surface area contributed by atoms with Crippen LogP contribution in [0.5, 0.6) is 0 Å². The molecule has 4 nitrogen and oxygen atoms in total. The largest absolute Gasteiger partial charge is 0.384 e. The van der Waals surface area contributed by atoms with E-state index in [9.17, 15) is 0 Å². The number of hydrogen-bond donors (Lipinski definition) is 1. The molecule has 82 valence electrons. The van der Waals surface area contributed by atoms with Gasteiger partial charge in [0.2, 0.25) is 0 Å². The Kier molecular flexibility index (Phi) is 2.77. The first-order valence-electron chi connectivity index (χ1n) is 5.26. The zero-order valence-corrected chi connectivity index (χ0v) is 9.18. The fourth-order valence-corrected chi connectivity index (χ4v) is 2.06. The molecular formula is C11H17N3O. The van der Waals surface area contributed by atoms with Crippen molar-refractivity contribution in [2.24, 2.45) is 0 Å². The maximum Gasteiger partial charge on any atom is 0.123 e. The highest BCUT2D eigenvalue weighted by Gasteiger charge is 2.25. The molecule has 1 aromatic rings. The van der Waals surface area contributed by atoms with Crippen molar-refractivity contribution >= 4 is 11.5 Å². The number of ether oxygens (including phenoxy) is 1. The van der Waals surface area contributed by atoms with Gasteiger partial charge in [0.15, 0.2) is 0 Å². The van der Waals surface area contributed by atoms with Crippen LogP contribution >= 0.6 is 0 Å². The summed E-state index contributed by atoms with van der Waals surface area (Å²) in [5.41, 5.74) is 6.69. The number of anilines is 2. The number of rotatable bonds is 1. The summed E-state index contributed by atoms with van der Waals surface area (Å²) in [6.45, 7) is 5.86. The fourth-order valence-electron chi connectivity index (χ4n) is 2.06. The van der Waals surface area contributed by atoms with Crippen LogP contribution in [0.15, 0.2) is 18.3 Å². The SMILES string of the molecule is C[C@H]1COC[C@H](C)N1c1ccc(N)nc1. The van der Waals surface area contributed by atoms with Crippen molar-refractivity contribution in [3.8, 4) is 0 Å². The summed E-state index contributed by atoms with van der Waals surface area (Å²) in [6.07, 6.45) is 1.83. The van der Waals surface area contributed by atoms with E-state index in [0.717, 1.165) is 18.9 Å². The zero-order chi connectivity index (χ0) is 10.8. The van der Waals surface area contributed by atoms with Gasteiger partial charge in [-0.25, -0.2) is 4.98 Å². The van der Waals surface area contributed by atoms with Gasteiger partial charge in [-0.05, 0) is 26.0 Å². The Morgan fingerprint density at radius 3 is 2.53 bits per heavy atom. The molecule has 0 radical (unpaired) electrons. The Hall–Kier alpha value is -1.29. The average molecular weight is 207 g/mol. The highest BCUT2D eigenvalue weighted by molar-refractivity contribution is 5.50. The summed E-state index contributed by atoms with van der Waals surface area (Å²) in [5, 5.41) is 0. The van der Waals surface area contributed by atoms with Gasteiger partial charge in [-0.1, -0.05) is 0 Å². The van der Waals surface area contributed by atoms with E-state index >= 15 is 0 Å². The van der Waals surface area contributed by atoms with Crippen LogP contribution in [0.4, 0.5) is 11.5 Å². The van der Waals surface area contributed by atoms with Gasteiger partial charge in [0.25, 0.3) is 0 Å². The minimum atomic E-state index is 0.388. The van der Waals surface area contributed by atoms with Crippen molar-refractivity contribution in [3.05, 3.63) is 18.3 Å². The molecule has 1 aromatic heterocycles. The molecule has 0 spiro atoms. The minimum absolute atomic E-state index is 0.388. The molecule has 2 rings (SSSR count). The van der Waals surface area contributed by atoms with Crippen LogP contribution in [-0.2, 0) is 4.74 Å². The highest BCUT2D eigenvalue weighted by Crippen LogP contribution is 2.22. The molecule has 4 heteroatoms. The third kappa shape index (κ3) is 2.04. The predicted octanol–water partition coefficient (Wildman–Crippen LogP) is 1.28. The van der Waals surface area contributed by atoms with Gasteiger partial charge in [0.1, 0.15) is 5.82 Å². The molecule has 0 aromatic carbocycles. The van der Waals surface area contributed by atoms with Gasteiger partial charge >= 0.3 is 0 Å². The van der Waals surface area contributed by atoms with Gasteiger partial charge in [-0.2, -0.15) is 0 Å². The van der Waals surface area contributed by atoms with Crippen LogP contribution in [0.1, 0.15) is 13.8 Å². The summed E-state index contributed by atoms with van der Waals surface area (Å²) < 4.78 is 5.48. The standard InChI is InChI=1S/C11H17N3O/c1-8-6-15-7-9(2)14(8)10-3-4-11(12)13-5-10/h3-5,8-9H,6-7H2,1-2H3,(H2,12,13)/t8-,9-/m0/s1. The van der Waals surface area contributed by atoms with Crippen LogP contribution in [0, 0.1) is 0 Å². The molecule has 2 N–H and O–H groups in total. The monoisotopic (exact) mass is 207 g/mol. The number of nitrogens with two attached hydrogens (primary N) is 1. The maximum atomic E-state index is 5.57. The van der Waals surface area contributed by atoms with Crippen LogP contribution < -0.4 is 10.6 Å². The van der Waals surface area contributed by atoms with E-state index in [1.165, 1.54) is 0 Å². The van der Waals surface area contributed by atoms with Crippen LogP contribution in [0.2, 0.25) is 0 Å². The summed E-state index contributed by atoms with van der Waals surface area (Å²) in [7, 11) is 0. The second kappa shape index (κ2) is 4.06. The van der Waals surface area contributed by atoms with E-state index in [2.05, 4.69) is 23.7 Å². The molecule has 0 amide bonds. The molecule has 1 saturated heterocycles. The van der Waals surface area contributed by atoms with Gasteiger partial charge in [-0.15, -0.1) is 0 Å². The molecule has 0 bridgehead atoms. The normalized spacial score (nSPS) is 26.7. The van der Waals surface area contributed by atoms with E-state index in [0.29, 0.717) is 17.9 Å². The first-order chi connectivity index (χ1) is 7.18. The third-order valence-corrected chi connectivity index (χ3v) is 2.74. The number of morpholine rings is 1. The Morgan fingerprint density at radius 2 is 2.00 bits per heavy atom. The number of hydrogen-bond acceptors (Lipinski definition) is 4. The number of nitrogens with zero attached hydrogens (tertiary/aromatic N) is 2. The molecule has 1 aliphatic rings. The maximum absolute atomic E-state index is 5.57. The average Bonchev–Trinajstić information content (AvgIpc) is 2.20. The van der Waals surface area contributed by atoms with Gasteiger partial charge in [0, 0.05) is 12.1 Å². The second-order valence-electron chi connectivity index (χ2n) is 4.08. The van der Waals surface area contributed by atoms with Crippen molar-refractivity contribution < 1.29 is 4.74 Å². The molecule has 0 unspecified atom stereocenters. The Labute approximate surface area is 90.0 Å². The molecule has 0 saturated carbocycles. The molecule has 15 heavy (non-hydrogen) atoms. The van der Waals surface area contributed by atoms with Gasteiger partial charge in [0.05, 0.1) is 25.1 Å². The van der Waals surface area contributed by atoms with E-state index in [4.69, 9.17) is 10.5 Å². The van der Waals surface area contributed by atoms with Crippen LogP contribution in [0.25, 0.3) is 0 Å². The molecular weight excluding hydrogens is 190 g/mol. The van der Waals surface area contributed by atoms with Crippen molar-refractivity contribution in [1.82, 2.24) is 4.98 Å². The molecule has 2 heterocycles. The lowest BCUT2D eigenvalue weighted by Crippen LogP contribution is -2.49. The van der Waals surface area contributed by atoms with Gasteiger partial charge in [-0.3, -0.25) is 0 Å². The minimum Gasteiger partial charge on any atom is -0.384 e. The van der Waals surface area contributed by atoms with Crippen LogP contribution in [0.3, 0.4) is 0 Å². The lowest BCUT2D eigenvalue weighted by molar-refractivity contribution is 0.0756.